The summed E-state index contributed by atoms with van der Waals surface area (Å²) in [6.45, 7) is 0. The molecular formula is C12H9FO2S. The van der Waals surface area contributed by atoms with E-state index < -0.39 is 11.8 Å². The van der Waals surface area contributed by atoms with Crippen molar-refractivity contribution in [2.75, 3.05) is 7.11 Å². The molecule has 0 atom stereocenters. The van der Waals surface area contributed by atoms with Gasteiger partial charge in [-0.1, -0.05) is 12.1 Å². The molecule has 0 radical (unpaired) electrons. The lowest BCUT2D eigenvalue weighted by Crippen LogP contribution is -2.06. The van der Waals surface area contributed by atoms with Gasteiger partial charge in [0.25, 0.3) is 0 Å². The third-order valence-corrected chi connectivity index (χ3v) is 2.92. The van der Waals surface area contributed by atoms with Crippen LogP contribution >= 0.6 is 11.3 Å². The minimum absolute atomic E-state index is 0.0107. The van der Waals surface area contributed by atoms with Gasteiger partial charge in [0.05, 0.1) is 7.11 Å². The summed E-state index contributed by atoms with van der Waals surface area (Å²) in [6, 6.07) is 6.38. The maximum Gasteiger partial charge on any atom is 0.341 e. The van der Waals surface area contributed by atoms with E-state index in [0.29, 0.717) is 5.56 Å². The molecule has 2 nitrogen and oxygen atoms in total. The van der Waals surface area contributed by atoms with E-state index in [4.69, 9.17) is 0 Å². The molecule has 0 N–H and O–H groups in total. The molecule has 16 heavy (non-hydrogen) atoms. The van der Waals surface area contributed by atoms with Crippen molar-refractivity contribution in [2.45, 2.75) is 0 Å². The summed E-state index contributed by atoms with van der Waals surface area (Å²) >= 11 is 1.49. The van der Waals surface area contributed by atoms with E-state index in [1.807, 2.05) is 16.8 Å². The number of hydrogen-bond donors (Lipinski definition) is 0. The maximum absolute atomic E-state index is 13.6. The largest absolute Gasteiger partial charge is 0.465 e. The van der Waals surface area contributed by atoms with Crippen LogP contribution in [0.3, 0.4) is 0 Å². The molecule has 0 fully saturated rings. The normalized spacial score (nSPS) is 10.1. The average Bonchev–Trinajstić information content (AvgIpc) is 2.81. The predicted octanol–water partition coefficient (Wildman–Crippen LogP) is 3.34. The highest BCUT2D eigenvalue weighted by atomic mass is 32.1. The Morgan fingerprint density at radius 1 is 1.38 bits per heavy atom. The number of benzene rings is 1. The van der Waals surface area contributed by atoms with E-state index in [-0.39, 0.29) is 5.56 Å². The second kappa shape index (κ2) is 4.45. The Bertz CT molecular complexity index is 506. The number of methoxy groups -OCH3 is 1. The van der Waals surface area contributed by atoms with Gasteiger partial charge in [-0.25, -0.2) is 9.18 Å². The lowest BCUT2D eigenvalue weighted by atomic mass is 10.0. The van der Waals surface area contributed by atoms with E-state index in [2.05, 4.69) is 4.74 Å². The van der Waals surface area contributed by atoms with Gasteiger partial charge in [0.15, 0.2) is 0 Å². The van der Waals surface area contributed by atoms with Crippen molar-refractivity contribution < 1.29 is 13.9 Å². The lowest BCUT2D eigenvalue weighted by molar-refractivity contribution is 0.0596. The molecule has 0 spiro atoms. The molecular weight excluding hydrogens is 227 g/mol. The third kappa shape index (κ3) is 1.84. The van der Waals surface area contributed by atoms with Gasteiger partial charge in [-0.2, -0.15) is 11.3 Å². The molecule has 0 saturated heterocycles. The zero-order chi connectivity index (χ0) is 11.5. The Balaban J connectivity index is 2.62. The second-order valence-electron chi connectivity index (χ2n) is 3.17. The Hall–Kier alpha value is -1.68. The van der Waals surface area contributed by atoms with Crippen LogP contribution in [0.5, 0.6) is 0 Å². The highest BCUT2D eigenvalue weighted by Gasteiger charge is 2.18. The van der Waals surface area contributed by atoms with E-state index in [0.717, 1.165) is 5.56 Å². The number of rotatable bonds is 2. The Morgan fingerprint density at radius 2 is 2.19 bits per heavy atom. The fourth-order valence-electron chi connectivity index (χ4n) is 1.49. The maximum atomic E-state index is 13.6. The Kier molecular flexibility index (Phi) is 3.01. The first-order valence-electron chi connectivity index (χ1n) is 4.63. The smallest absolute Gasteiger partial charge is 0.341 e. The van der Waals surface area contributed by atoms with Gasteiger partial charge in [0, 0.05) is 0 Å². The van der Waals surface area contributed by atoms with Crippen LogP contribution in [0.2, 0.25) is 0 Å². The molecule has 82 valence electrons. The van der Waals surface area contributed by atoms with Crippen LogP contribution in [-0.2, 0) is 4.74 Å². The average molecular weight is 236 g/mol. The van der Waals surface area contributed by atoms with E-state index in [1.54, 1.807) is 12.1 Å². The molecule has 1 aromatic carbocycles. The number of halogens is 1. The van der Waals surface area contributed by atoms with Gasteiger partial charge in [-0.05, 0) is 34.0 Å². The molecule has 2 aromatic rings. The highest BCUT2D eigenvalue weighted by Crippen LogP contribution is 2.28. The fraction of sp³-hybridized carbons (Fsp3) is 0.0833. The predicted molar refractivity (Wildman–Crippen MR) is 61.1 cm³/mol. The number of ether oxygens (including phenoxy) is 1. The van der Waals surface area contributed by atoms with Crippen molar-refractivity contribution in [2.24, 2.45) is 0 Å². The summed E-state index contributed by atoms with van der Waals surface area (Å²) in [5.41, 5.74) is 1.38. The van der Waals surface area contributed by atoms with Gasteiger partial charge in [0.2, 0.25) is 0 Å². The van der Waals surface area contributed by atoms with Crippen molar-refractivity contribution in [3.8, 4) is 11.1 Å². The Morgan fingerprint density at radius 3 is 2.81 bits per heavy atom. The minimum Gasteiger partial charge on any atom is -0.465 e. The van der Waals surface area contributed by atoms with Gasteiger partial charge < -0.3 is 4.74 Å². The lowest BCUT2D eigenvalue weighted by Gasteiger charge is -2.07. The molecule has 0 bridgehead atoms. The first kappa shape index (κ1) is 10.8. The fourth-order valence-corrected chi connectivity index (χ4v) is 2.15. The third-order valence-electron chi connectivity index (χ3n) is 2.24. The van der Waals surface area contributed by atoms with Crippen molar-refractivity contribution in [3.05, 3.63) is 46.4 Å². The number of esters is 1. The number of carbonyl (C=O) groups is 1. The molecule has 0 aliphatic rings. The molecule has 1 heterocycles. The summed E-state index contributed by atoms with van der Waals surface area (Å²) in [5, 5.41) is 3.74. The standard InChI is InChI=1S/C12H9FO2S/c1-15-12(14)11-9(3-2-4-10(11)13)8-5-6-16-7-8/h2-7H,1H3. The molecule has 2 rings (SSSR count). The first-order chi connectivity index (χ1) is 7.74. The van der Waals surface area contributed by atoms with Crippen molar-refractivity contribution in [3.63, 3.8) is 0 Å². The highest BCUT2D eigenvalue weighted by molar-refractivity contribution is 7.08. The summed E-state index contributed by atoms with van der Waals surface area (Å²) in [6.07, 6.45) is 0. The van der Waals surface area contributed by atoms with E-state index >= 15 is 0 Å². The molecule has 0 amide bonds. The van der Waals surface area contributed by atoms with Gasteiger partial charge in [-0.3, -0.25) is 0 Å². The number of carbonyl (C=O) groups excluding carboxylic acids is 1. The van der Waals surface area contributed by atoms with Gasteiger partial charge in [0.1, 0.15) is 11.4 Å². The summed E-state index contributed by atoms with van der Waals surface area (Å²) < 4.78 is 18.2. The van der Waals surface area contributed by atoms with Crippen LogP contribution in [0.15, 0.2) is 35.0 Å². The van der Waals surface area contributed by atoms with Crippen LogP contribution < -0.4 is 0 Å². The number of thiophene rings is 1. The Labute approximate surface area is 96.3 Å². The van der Waals surface area contributed by atoms with Crippen LogP contribution in [0, 0.1) is 5.82 Å². The van der Waals surface area contributed by atoms with Gasteiger partial charge in [-0.15, -0.1) is 0 Å². The van der Waals surface area contributed by atoms with Crippen molar-refractivity contribution in [1.82, 2.24) is 0 Å². The van der Waals surface area contributed by atoms with Crippen molar-refractivity contribution >= 4 is 17.3 Å². The van der Waals surface area contributed by atoms with Crippen LogP contribution in [0.4, 0.5) is 4.39 Å². The van der Waals surface area contributed by atoms with Crippen LogP contribution in [0.1, 0.15) is 10.4 Å². The van der Waals surface area contributed by atoms with E-state index in [9.17, 15) is 9.18 Å². The molecule has 4 heteroatoms. The SMILES string of the molecule is COC(=O)c1c(F)cccc1-c1ccsc1. The summed E-state index contributed by atoms with van der Waals surface area (Å²) in [4.78, 5) is 11.5. The topological polar surface area (TPSA) is 26.3 Å². The number of hydrogen-bond acceptors (Lipinski definition) is 3. The zero-order valence-corrected chi connectivity index (χ0v) is 9.38. The second-order valence-corrected chi connectivity index (χ2v) is 3.95. The zero-order valence-electron chi connectivity index (χ0n) is 8.57. The molecule has 0 aliphatic carbocycles. The molecule has 0 unspecified atom stereocenters. The molecule has 1 aromatic heterocycles. The molecule has 0 aliphatic heterocycles. The quantitative estimate of drug-likeness (QED) is 0.747. The van der Waals surface area contributed by atoms with Crippen LogP contribution in [0.25, 0.3) is 11.1 Å². The van der Waals surface area contributed by atoms with Gasteiger partial charge >= 0.3 is 5.97 Å². The van der Waals surface area contributed by atoms with Crippen molar-refractivity contribution in [1.29, 1.82) is 0 Å². The minimum atomic E-state index is -0.653. The molecule has 0 saturated carbocycles. The van der Waals surface area contributed by atoms with E-state index in [1.165, 1.54) is 24.5 Å². The van der Waals surface area contributed by atoms with Crippen LogP contribution in [-0.4, -0.2) is 13.1 Å². The summed E-state index contributed by atoms with van der Waals surface area (Å²) in [7, 11) is 1.24. The summed E-state index contributed by atoms with van der Waals surface area (Å²) in [5.74, 6) is -1.21. The monoisotopic (exact) mass is 236 g/mol. The first-order valence-corrected chi connectivity index (χ1v) is 5.57.